The number of aromatic nitrogens is 4. The summed E-state index contributed by atoms with van der Waals surface area (Å²) < 4.78 is 18.5. The summed E-state index contributed by atoms with van der Waals surface area (Å²) in [4.78, 5) is 12.8. The van der Waals surface area contributed by atoms with Gasteiger partial charge in [0.05, 0.1) is 19.5 Å². The van der Waals surface area contributed by atoms with E-state index in [1.807, 2.05) is 13.8 Å². The number of aliphatic hydroxyl groups is 3. The van der Waals surface area contributed by atoms with Gasteiger partial charge in [-0.2, -0.15) is 0 Å². The summed E-state index contributed by atoms with van der Waals surface area (Å²) in [6.07, 6.45) is -0.389. The molecule has 0 amide bonds. The Kier molecular flexibility index (Phi) is 4.76. The zero-order valence-corrected chi connectivity index (χ0v) is 15.9. The second-order valence-corrected chi connectivity index (χ2v) is 7.76. The molecule has 2 aliphatic rings. The quantitative estimate of drug-likeness (QED) is 0.517. The third-order valence-corrected chi connectivity index (χ3v) is 5.11. The molecule has 2 saturated heterocycles. The summed E-state index contributed by atoms with van der Waals surface area (Å²) in [6, 6.07) is 0. The Morgan fingerprint density at radius 2 is 2.07 bits per heavy atom. The summed E-state index contributed by atoms with van der Waals surface area (Å²) in [5.74, 6) is -0.0985. The first-order valence-electron chi connectivity index (χ1n) is 9.13. The molecule has 4 N–H and O–H groups in total. The Bertz CT molecular complexity index is 856. The lowest BCUT2D eigenvalue weighted by atomic mass is 9.96. The van der Waals surface area contributed by atoms with Gasteiger partial charge in [0.1, 0.15) is 30.2 Å². The van der Waals surface area contributed by atoms with Crippen molar-refractivity contribution in [1.82, 2.24) is 19.5 Å². The van der Waals surface area contributed by atoms with Gasteiger partial charge < -0.3 is 34.8 Å². The molecule has 4 rings (SSSR count). The Morgan fingerprint density at radius 3 is 2.71 bits per heavy atom. The first-order valence-corrected chi connectivity index (χ1v) is 9.13. The summed E-state index contributed by atoms with van der Waals surface area (Å²) in [5.41, 5.74) is -0.709. The largest absolute Gasteiger partial charge is 0.394 e. The van der Waals surface area contributed by atoms with Gasteiger partial charge in [-0.3, -0.25) is 4.57 Å². The molecule has 0 saturated carbocycles. The summed E-state index contributed by atoms with van der Waals surface area (Å²) in [6.45, 7) is 5.71. The van der Waals surface area contributed by atoms with Crippen LogP contribution in [0.1, 0.15) is 27.0 Å². The number of hydrogen-bond donors (Lipinski definition) is 4. The van der Waals surface area contributed by atoms with E-state index in [1.165, 1.54) is 24.1 Å². The molecule has 11 nitrogen and oxygen atoms in total. The Labute approximate surface area is 161 Å². The summed E-state index contributed by atoms with van der Waals surface area (Å²) in [5, 5.41) is 33.5. The van der Waals surface area contributed by atoms with Crippen LogP contribution in [0.15, 0.2) is 12.7 Å². The molecule has 2 aliphatic heterocycles. The van der Waals surface area contributed by atoms with E-state index >= 15 is 0 Å². The molecule has 2 aromatic heterocycles. The highest BCUT2D eigenvalue weighted by atomic mass is 16.7. The first-order chi connectivity index (χ1) is 13.2. The van der Waals surface area contributed by atoms with Crippen molar-refractivity contribution in [2.24, 2.45) is 0 Å². The number of rotatable bonds is 5. The lowest BCUT2D eigenvalue weighted by Crippen LogP contribution is -2.44. The number of hydrogen-bond acceptors (Lipinski definition) is 10. The Morgan fingerprint density at radius 1 is 1.29 bits per heavy atom. The zero-order chi connectivity index (χ0) is 20.1. The second kappa shape index (κ2) is 6.87. The van der Waals surface area contributed by atoms with Crippen LogP contribution in [0.25, 0.3) is 11.2 Å². The van der Waals surface area contributed by atoms with Crippen molar-refractivity contribution in [3.63, 3.8) is 0 Å². The van der Waals surface area contributed by atoms with Crippen LogP contribution in [-0.2, 0) is 14.2 Å². The van der Waals surface area contributed by atoms with E-state index in [-0.39, 0.29) is 6.10 Å². The number of anilines is 1. The molecule has 0 aliphatic carbocycles. The number of nitrogens with zero attached hydrogens (tertiary/aromatic N) is 4. The van der Waals surface area contributed by atoms with Crippen molar-refractivity contribution >= 4 is 17.0 Å². The molecule has 0 aromatic carbocycles. The van der Waals surface area contributed by atoms with Gasteiger partial charge in [0.2, 0.25) is 0 Å². The molecular weight excluding hydrogens is 370 g/mol. The fourth-order valence-electron chi connectivity index (χ4n) is 3.62. The molecular formula is C17H25N5O6. The topological polar surface area (TPSA) is 144 Å². The smallest absolute Gasteiger partial charge is 0.168 e. The number of nitrogens with one attached hydrogen (secondary N) is 1. The third-order valence-electron chi connectivity index (χ3n) is 5.11. The molecule has 11 heteroatoms. The van der Waals surface area contributed by atoms with Crippen LogP contribution < -0.4 is 5.32 Å². The van der Waals surface area contributed by atoms with Crippen LogP contribution in [0.5, 0.6) is 0 Å². The normalized spacial score (nSPS) is 34.9. The van der Waals surface area contributed by atoms with Gasteiger partial charge in [0, 0.05) is 6.54 Å². The van der Waals surface area contributed by atoms with Crippen LogP contribution in [0.2, 0.25) is 0 Å². The van der Waals surface area contributed by atoms with Gasteiger partial charge in [-0.25, -0.2) is 15.0 Å². The van der Waals surface area contributed by atoms with Crippen molar-refractivity contribution in [2.75, 3.05) is 25.1 Å². The minimum atomic E-state index is -1.62. The van der Waals surface area contributed by atoms with Gasteiger partial charge in [-0.05, 0) is 20.8 Å². The van der Waals surface area contributed by atoms with Gasteiger partial charge in [-0.15, -0.1) is 0 Å². The monoisotopic (exact) mass is 395 g/mol. The SMILES string of the molecule is CC1(C)OCC(CNc2ncnc3c2ncn3[C@@H]2O[C@H](CO)[C@@H](O)[C@@]2(C)O)O1. The summed E-state index contributed by atoms with van der Waals surface area (Å²) >= 11 is 0. The molecule has 2 fully saturated rings. The van der Waals surface area contributed by atoms with Gasteiger partial charge in [0.15, 0.2) is 29.0 Å². The molecule has 28 heavy (non-hydrogen) atoms. The molecule has 1 unspecified atom stereocenters. The average Bonchev–Trinajstić information content (AvgIpc) is 3.29. The third kappa shape index (κ3) is 3.23. The van der Waals surface area contributed by atoms with Crippen LogP contribution in [0, 0.1) is 0 Å². The van der Waals surface area contributed by atoms with Gasteiger partial charge in [-0.1, -0.05) is 0 Å². The number of aliphatic hydroxyl groups excluding tert-OH is 2. The average molecular weight is 395 g/mol. The fraction of sp³-hybridized carbons (Fsp3) is 0.706. The number of imidazole rings is 1. The van der Waals surface area contributed by atoms with E-state index in [9.17, 15) is 15.3 Å². The van der Waals surface area contributed by atoms with Crippen LogP contribution in [-0.4, -0.2) is 84.3 Å². The van der Waals surface area contributed by atoms with E-state index < -0.39 is 36.4 Å². The van der Waals surface area contributed by atoms with Crippen LogP contribution in [0.3, 0.4) is 0 Å². The summed E-state index contributed by atoms with van der Waals surface area (Å²) in [7, 11) is 0. The van der Waals surface area contributed by atoms with Crippen molar-refractivity contribution in [3.8, 4) is 0 Å². The predicted molar refractivity (Wildman–Crippen MR) is 96.3 cm³/mol. The van der Waals surface area contributed by atoms with Crippen molar-refractivity contribution in [3.05, 3.63) is 12.7 Å². The van der Waals surface area contributed by atoms with Crippen LogP contribution >= 0.6 is 0 Å². The maximum atomic E-state index is 10.7. The first kappa shape index (κ1) is 19.4. The standard InChI is InChI=1S/C17H25N5O6/c1-16(2)26-6-9(28-16)4-18-13-11-14(20-7-19-13)22(8-21-11)15-17(3,25)12(24)10(5-23)27-15/h7-10,12,15,23-25H,4-6H2,1-3H3,(H,18,19,20)/t9?,10-,12-,15-,17-/m1/s1. The molecule has 2 aromatic rings. The molecule has 154 valence electrons. The minimum absolute atomic E-state index is 0.124. The molecule has 0 spiro atoms. The maximum absolute atomic E-state index is 10.7. The minimum Gasteiger partial charge on any atom is -0.394 e. The van der Waals surface area contributed by atoms with Gasteiger partial charge in [0.25, 0.3) is 0 Å². The van der Waals surface area contributed by atoms with E-state index in [2.05, 4.69) is 20.3 Å². The van der Waals surface area contributed by atoms with E-state index in [4.69, 9.17) is 14.2 Å². The van der Waals surface area contributed by atoms with Crippen molar-refractivity contribution in [1.29, 1.82) is 0 Å². The highest BCUT2D eigenvalue weighted by Crippen LogP contribution is 2.39. The Balaban J connectivity index is 1.57. The maximum Gasteiger partial charge on any atom is 0.168 e. The highest BCUT2D eigenvalue weighted by Gasteiger charge is 2.53. The van der Waals surface area contributed by atoms with Gasteiger partial charge >= 0.3 is 0 Å². The lowest BCUT2D eigenvalue weighted by molar-refractivity contribution is -0.136. The molecule has 0 radical (unpaired) electrons. The Hall–Kier alpha value is -1.89. The van der Waals surface area contributed by atoms with E-state index in [0.29, 0.717) is 30.1 Å². The number of fused-ring (bicyclic) bond motifs is 1. The molecule has 5 atom stereocenters. The van der Waals surface area contributed by atoms with E-state index in [0.717, 1.165) is 0 Å². The fourth-order valence-corrected chi connectivity index (χ4v) is 3.62. The highest BCUT2D eigenvalue weighted by molar-refractivity contribution is 5.82. The molecule has 4 heterocycles. The molecule has 0 bridgehead atoms. The van der Waals surface area contributed by atoms with Crippen LogP contribution in [0.4, 0.5) is 5.82 Å². The lowest BCUT2D eigenvalue weighted by Gasteiger charge is -2.27. The van der Waals surface area contributed by atoms with Crippen molar-refractivity contribution in [2.45, 2.75) is 56.7 Å². The second-order valence-electron chi connectivity index (χ2n) is 7.76. The van der Waals surface area contributed by atoms with Crippen molar-refractivity contribution < 1.29 is 29.5 Å². The number of ether oxygens (including phenoxy) is 3. The van der Waals surface area contributed by atoms with E-state index in [1.54, 1.807) is 0 Å². The zero-order valence-electron chi connectivity index (χ0n) is 15.9. The predicted octanol–water partition coefficient (Wildman–Crippen LogP) is -0.609.